The molecule has 1 aromatic heterocycles. The molecule has 0 spiro atoms. The van der Waals surface area contributed by atoms with Crippen LogP contribution in [0.1, 0.15) is 62.2 Å². The molecule has 6 nitrogen and oxygen atoms in total. The quantitative estimate of drug-likeness (QED) is 0.532. The predicted octanol–water partition coefficient (Wildman–Crippen LogP) is 5.60. The number of pyridine rings is 1. The minimum absolute atomic E-state index is 0.0449. The highest BCUT2D eigenvalue weighted by Crippen LogP contribution is 2.36. The highest BCUT2D eigenvalue weighted by molar-refractivity contribution is 5.98. The molecule has 38 heavy (non-hydrogen) atoms. The number of nitrogens with one attached hydrogen (secondary N) is 1. The smallest absolute Gasteiger partial charge is 0.287 e. The molecule has 5 rings (SSSR count). The van der Waals surface area contributed by atoms with Gasteiger partial charge in [-0.2, -0.15) is 8.78 Å². The summed E-state index contributed by atoms with van der Waals surface area (Å²) < 4.78 is 38.4. The van der Waals surface area contributed by atoms with Crippen LogP contribution in [0.3, 0.4) is 0 Å². The molecule has 8 heteroatoms. The first-order valence-electron chi connectivity index (χ1n) is 13.1. The third-order valence-electron chi connectivity index (χ3n) is 6.92. The predicted molar refractivity (Wildman–Crippen MR) is 142 cm³/mol. The third-order valence-corrected chi connectivity index (χ3v) is 6.92. The number of amides is 1. The number of carbonyl (C=O) groups excluding carboxylic acids is 1. The number of nitrogens with zero attached hydrogens (tertiary/aromatic N) is 1. The van der Waals surface area contributed by atoms with Crippen molar-refractivity contribution in [3.8, 4) is 0 Å². The molecule has 1 aliphatic carbocycles. The number of aromatic amines is 1. The van der Waals surface area contributed by atoms with E-state index in [0.717, 1.165) is 17.5 Å². The number of carbonyl (C=O) groups is 1. The summed E-state index contributed by atoms with van der Waals surface area (Å²) in [6.07, 6.45) is 6.91. The molecule has 0 unspecified atom stereocenters. The van der Waals surface area contributed by atoms with Gasteiger partial charge in [0.1, 0.15) is 6.10 Å². The number of H-pyrrole nitrogens is 1. The van der Waals surface area contributed by atoms with Gasteiger partial charge in [-0.15, -0.1) is 0 Å². The summed E-state index contributed by atoms with van der Waals surface area (Å²) in [7, 11) is 0. The molecule has 0 bridgehead atoms. The molecule has 204 valence electrons. The topological polar surface area (TPSA) is 71.6 Å². The van der Waals surface area contributed by atoms with Crippen LogP contribution in [-0.4, -0.2) is 46.8 Å². The van der Waals surface area contributed by atoms with Gasteiger partial charge >= 0.3 is 0 Å². The molecule has 0 radical (unpaired) electrons. The van der Waals surface area contributed by atoms with E-state index >= 15 is 0 Å². The summed E-state index contributed by atoms with van der Waals surface area (Å²) in [6.45, 7) is 9.55. The number of allylic oxidation sites excluding steroid dienone is 3. The number of hydrogen-bond donors (Lipinski definition) is 1. The molecule has 1 aromatic carbocycles. The van der Waals surface area contributed by atoms with Gasteiger partial charge in [0.25, 0.3) is 11.8 Å². The van der Waals surface area contributed by atoms with Crippen molar-refractivity contribution >= 4 is 5.91 Å². The van der Waals surface area contributed by atoms with Crippen LogP contribution in [0.4, 0.5) is 8.78 Å². The number of halogens is 2. The molecular formula is C30H36F2N2O4. The highest BCUT2D eigenvalue weighted by Gasteiger charge is 2.41. The van der Waals surface area contributed by atoms with Crippen molar-refractivity contribution in [2.75, 3.05) is 13.2 Å². The fraction of sp³-hybridized carbons (Fsp3) is 0.467. The number of aromatic nitrogens is 1. The van der Waals surface area contributed by atoms with E-state index in [1.165, 1.54) is 30.7 Å². The maximum atomic E-state index is 12.9. The zero-order valence-corrected chi connectivity index (χ0v) is 22.4. The Morgan fingerprint density at radius 3 is 2.45 bits per heavy atom. The van der Waals surface area contributed by atoms with Crippen LogP contribution in [0.25, 0.3) is 0 Å². The molecule has 3 atom stereocenters. The lowest BCUT2D eigenvalue weighted by molar-refractivity contribution is -0.173. The van der Waals surface area contributed by atoms with Gasteiger partial charge in [0, 0.05) is 37.1 Å². The molecule has 1 N–H and O–H groups in total. The van der Waals surface area contributed by atoms with E-state index in [9.17, 15) is 18.4 Å². The van der Waals surface area contributed by atoms with Crippen LogP contribution in [0.5, 0.6) is 0 Å². The Labute approximate surface area is 222 Å². The number of alkyl halides is 2. The standard InChI is InChI=1S/C22H27NO3.C8H9F2NO/c1-22(2,3)26-20-17(15-8-6-9-15)11-12-25-19(20)14-23-13-16-7-4-5-10-18(16)21(23)24;1-2-8(9,10)6-4-3-5-7(12)11-6/h4-10,17,19-20H,11-14H2,1-3H3;3-5H,2H2,1H3,(H,11,12)/t17-,19+,20+;/m0./s1. The highest BCUT2D eigenvalue weighted by atomic mass is 19.3. The van der Waals surface area contributed by atoms with Crippen molar-refractivity contribution in [3.05, 3.63) is 93.4 Å². The van der Waals surface area contributed by atoms with E-state index in [0.29, 0.717) is 25.6 Å². The number of benzene rings is 1. The van der Waals surface area contributed by atoms with Crippen LogP contribution < -0.4 is 5.56 Å². The minimum Gasteiger partial charge on any atom is -0.374 e. The number of fused-ring (bicyclic) bond motifs is 1. The van der Waals surface area contributed by atoms with Crippen molar-refractivity contribution < 1.29 is 23.0 Å². The monoisotopic (exact) mass is 526 g/mol. The third kappa shape index (κ3) is 6.48. The Bertz CT molecular complexity index is 1260. The van der Waals surface area contributed by atoms with E-state index in [-0.39, 0.29) is 35.8 Å². The number of hydrogen-bond acceptors (Lipinski definition) is 4. The summed E-state index contributed by atoms with van der Waals surface area (Å²) in [5.41, 5.74) is 2.18. The van der Waals surface area contributed by atoms with Crippen LogP contribution in [0.15, 0.2) is 71.1 Å². The van der Waals surface area contributed by atoms with Crippen molar-refractivity contribution in [1.82, 2.24) is 9.88 Å². The fourth-order valence-corrected chi connectivity index (χ4v) is 4.93. The molecule has 1 saturated heterocycles. The first-order chi connectivity index (χ1) is 18.0. The van der Waals surface area contributed by atoms with Crippen molar-refractivity contribution in [3.63, 3.8) is 0 Å². The maximum absolute atomic E-state index is 12.9. The minimum atomic E-state index is -2.93. The number of ether oxygens (including phenoxy) is 2. The zero-order valence-electron chi connectivity index (χ0n) is 22.4. The SMILES string of the molecule is CC(C)(C)O[C@H]1[C@@H](CN2Cc3ccccc3C2=O)OCC[C@H]1C1=CC=C1.CCC(F)(F)c1cccc(=O)[nH]1. The zero-order chi connectivity index (χ0) is 27.5. The lowest BCUT2D eigenvalue weighted by Gasteiger charge is -2.43. The lowest BCUT2D eigenvalue weighted by Crippen LogP contribution is -2.51. The molecule has 2 aliphatic heterocycles. The van der Waals surface area contributed by atoms with E-state index in [2.05, 4.69) is 44.0 Å². The second-order valence-electron chi connectivity index (χ2n) is 10.9. The fourth-order valence-electron chi connectivity index (χ4n) is 4.93. The van der Waals surface area contributed by atoms with Crippen molar-refractivity contribution in [2.45, 2.75) is 70.8 Å². The van der Waals surface area contributed by atoms with Gasteiger partial charge < -0.3 is 19.4 Å². The van der Waals surface area contributed by atoms with Crippen LogP contribution in [-0.2, 0) is 21.9 Å². The maximum Gasteiger partial charge on any atom is 0.287 e. The largest absolute Gasteiger partial charge is 0.374 e. The van der Waals surface area contributed by atoms with Gasteiger partial charge in [-0.25, -0.2) is 0 Å². The molecule has 2 aromatic rings. The molecule has 1 amide bonds. The van der Waals surface area contributed by atoms with Gasteiger partial charge in [0.05, 0.1) is 23.9 Å². The lowest BCUT2D eigenvalue weighted by atomic mass is 9.82. The van der Waals surface area contributed by atoms with E-state index in [1.807, 2.05) is 29.2 Å². The van der Waals surface area contributed by atoms with Crippen molar-refractivity contribution in [2.24, 2.45) is 5.92 Å². The van der Waals surface area contributed by atoms with E-state index in [1.54, 1.807) is 0 Å². The Hall–Kier alpha value is -3.10. The molecule has 3 heterocycles. The summed E-state index contributed by atoms with van der Waals surface area (Å²) in [5.74, 6) is -2.50. The Kier molecular flexibility index (Phi) is 8.33. The Balaban J connectivity index is 0.000000236. The Morgan fingerprint density at radius 2 is 1.84 bits per heavy atom. The summed E-state index contributed by atoms with van der Waals surface area (Å²) in [5, 5.41) is 0. The van der Waals surface area contributed by atoms with Crippen LogP contribution in [0.2, 0.25) is 0 Å². The normalized spacial score (nSPS) is 22.8. The van der Waals surface area contributed by atoms with E-state index in [4.69, 9.17) is 9.47 Å². The second kappa shape index (κ2) is 11.3. The molecular weight excluding hydrogens is 490 g/mol. The first-order valence-corrected chi connectivity index (χ1v) is 13.1. The Morgan fingerprint density at radius 1 is 1.11 bits per heavy atom. The molecule has 3 aliphatic rings. The van der Waals surface area contributed by atoms with Gasteiger partial charge in [0.15, 0.2) is 0 Å². The molecule has 0 saturated carbocycles. The van der Waals surface area contributed by atoms with Crippen molar-refractivity contribution in [1.29, 1.82) is 0 Å². The van der Waals surface area contributed by atoms with Gasteiger partial charge in [0.2, 0.25) is 5.56 Å². The van der Waals surface area contributed by atoms with Gasteiger partial charge in [-0.05, 0) is 50.5 Å². The second-order valence-corrected chi connectivity index (χ2v) is 10.9. The van der Waals surface area contributed by atoms with Gasteiger partial charge in [-0.1, -0.05) is 49.4 Å². The average Bonchev–Trinajstić information content (AvgIpc) is 3.15. The van der Waals surface area contributed by atoms with Crippen LogP contribution in [0, 0.1) is 5.92 Å². The first kappa shape index (κ1) is 27.9. The van der Waals surface area contributed by atoms with Crippen LogP contribution >= 0.6 is 0 Å². The summed E-state index contributed by atoms with van der Waals surface area (Å²) >= 11 is 0. The average molecular weight is 527 g/mol. The van der Waals surface area contributed by atoms with E-state index < -0.39 is 11.5 Å². The summed E-state index contributed by atoms with van der Waals surface area (Å²) in [4.78, 5) is 27.4. The number of rotatable bonds is 6. The molecule has 1 fully saturated rings. The summed E-state index contributed by atoms with van der Waals surface area (Å²) in [6, 6.07) is 11.6. The van der Waals surface area contributed by atoms with Gasteiger partial charge in [-0.3, -0.25) is 9.59 Å².